The minimum atomic E-state index is -4.55. The molecule has 0 aliphatic heterocycles. The van der Waals surface area contributed by atoms with Gasteiger partial charge in [-0.05, 0) is 59.7 Å². The van der Waals surface area contributed by atoms with E-state index < -0.39 is 17.6 Å². The maximum atomic E-state index is 13.3. The monoisotopic (exact) mass is 440 g/mol. The zero-order valence-corrected chi connectivity index (χ0v) is 16.5. The zero-order chi connectivity index (χ0) is 23.1. The maximum Gasteiger partial charge on any atom is 0.416 e. The van der Waals surface area contributed by atoms with Crippen LogP contribution in [0, 0.1) is 17.1 Å². The van der Waals surface area contributed by atoms with E-state index in [0.717, 1.165) is 18.2 Å². The van der Waals surface area contributed by atoms with Crippen molar-refractivity contribution in [3.05, 3.63) is 101 Å². The Kier molecular flexibility index (Phi) is 6.90. The molecule has 0 radical (unpaired) electrons. The lowest BCUT2D eigenvalue weighted by Gasteiger charge is -2.10. The van der Waals surface area contributed by atoms with E-state index in [4.69, 9.17) is 4.74 Å². The van der Waals surface area contributed by atoms with Gasteiger partial charge in [0.25, 0.3) is 5.91 Å². The van der Waals surface area contributed by atoms with Crippen LogP contribution in [0.4, 0.5) is 23.2 Å². The summed E-state index contributed by atoms with van der Waals surface area (Å²) in [5.74, 6) is -0.801. The lowest BCUT2D eigenvalue weighted by atomic mass is 10.1. The van der Waals surface area contributed by atoms with Gasteiger partial charge in [-0.15, -0.1) is 0 Å². The van der Waals surface area contributed by atoms with Gasteiger partial charge in [-0.2, -0.15) is 18.4 Å². The molecule has 0 fully saturated rings. The third kappa shape index (κ3) is 6.19. The number of amides is 1. The van der Waals surface area contributed by atoms with Gasteiger partial charge in [-0.1, -0.05) is 30.3 Å². The van der Waals surface area contributed by atoms with Crippen LogP contribution in [-0.4, -0.2) is 5.91 Å². The van der Waals surface area contributed by atoms with Gasteiger partial charge in [0.1, 0.15) is 29.8 Å². The van der Waals surface area contributed by atoms with Gasteiger partial charge in [0, 0.05) is 5.69 Å². The molecule has 0 heterocycles. The normalized spacial score (nSPS) is 11.5. The Morgan fingerprint density at radius 2 is 1.78 bits per heavy atom. The standard InChI is InChI=1S/C24H16F4N2O2/c25-20-7-1-5-17(11-20)15-32-22-9-2-4-16(12-22)10-18(14-29)23(31)30-21-8-3-6-19(13-21)24(26,27)28/h1-13H,15H2,(H,30,31)/b18-10-. The van der Waals surface area contributed by atoms with Crippen LogP contribution in [0.15, 0.2) is 78.4 Å². The summed E-state index contributed by atoms with van der Waals surface area (Å²) in [6.45, 7) is 0.117. The zero-order valence-electron chi connectivity index (χ0n) is 16.5. The van der Waals surface area contributed by atoms with E-state index in [1.165, 1.54) is 24.3 Å². The predicted molar refractivity (Wildman–Crippen MR) is 111 cm³/mol. The van der Waals surface area contributed by atoms with E-state index in [1.54, 1.807) is 42.5 Å². The number of nitriles is 1. The lowest BCUT2D eigenvalue weighted by Crippen LogP contribution is -2.14. The number of ether oxygens (including phenoxy) is 1. The van der Waals surface area contributed by atoms with Crippen molar-refractivity contribution in [2.24, 2.45) is 0 Å². The highest BCUT2D eigenvalue weighted by molar-refractivity contribution is 6.09. The molecule has 3 rings (SSSR count). The Labute approximate surface area is 181 Å². The van der Waals surface area contributed by atoms with Crippen LogP contribution in [0.1, 0.15) is 16.7 Å². The highest BCUT2D eigenvalue weighted by atomic mass is 19.4. The molecule has 0 unspecified atom stereocenters. The van der Waals surface area contributed by atoms with Crippen molar-refractivity contribution >= 4 is 17.7 Å². The molecule has 1 amide bonds. The minimum absolute atomic E-state index is 0.0850. The molecule has 0 spiro atoms. The molecular weight excluding hydrogens is 424 g/mol. The number of halogens is 4. The maximum absolute atomic E-state index is 13.3. The SMILES string of the molecule is N#C/C(=C/c1cccc(OCc2cccc(F)c2)c1)C(=O)Nc1cccc(C(F)(F)F)c1. The van der Waals surface area contributed by atoms with Crippen molar-refractivity contribution in [2.45, 2.75) is 12.8 Å². The van der Waals surface area contributed by atoms with Crippen molar-refractivity contribution in [2.75, 3.05) is 5.32 Å². The Hall–Kier alpha value is -4.12. The van der Waals surface area contributed by atoms with Gasteiger partial charge in [-0.3, -0.25) is 4.79 Å². The van der Waals surface area contributed by atoms with Crippen molar-refractivity contribution in [3.8, 4) is 11.8 Å². The van der Waals surface area contributed by atoms with E-state index in [1.807, 2.05) is 0 Å². The molecule has 4 nitrogen and oxygen atoms in total. The average molecular weight is 440 g/mol. The van der Waals surface area contributed by atoms with E-state index in [9.17, 15) is 27.6 Å². The molecular formula is C24H16F4N2O2. The van der Waals surface area contributed by atoms with E-state index in [0.29, 0.717) is 16.9 Å². The largest absolute Gasteiger partial charge is 0.489 e. The molecule has 8 heteroatoms. The molecule has 162 valence electrons. The Bertz CT molecular complexity index is 1200. The fourth-order valence-electron chi connectivity index (χ4n) is 2.77. The van der Waals surface area contributed by atoms with E-state index in [-0.39, 0.29) is 23.7 Å². The highest BCUT2D eigenvalue weighted by Crippen LogP contribution is 2.30. The van der Waals surface area contributed by atoms with Gasteiger partial charge < -0.3 is 10.1 Å². The summed E-state index contributed by atoms with van der Waals surface area (Å²) >= 11 is 0. The number of carbonyl (C=O) groups is 1. The summed E-state index contributed by atoms with van der Waals surface area (Å²) < 4.78 is 57.4. The fourth-order valence-corrected chi connectivity index (χ4v) is 2.77. The smallest absolute Gasteiger partial charge is 0.416 e. The molecule has 0 saturated carbocycles. The van der Waals surface area contributed by atoms with Crippen molar-refractivity contribution in [3.63, 3.8) is 0 Å². The summed E-state index contributed by atoms with van der Waals surface area (Å²) in [7, 11) is 0. The van der Waals surface area contributed by atoms with Gasteiger partial charge in [-0.25, -0.2) is 4.39 Å². The van der Waals surface area contributed by atoms with Crippen LogP contribution in [0.2, 0.25) is 0 Å². The second kappa shape index (κ2) is 9.79. The number of nitrogens with zero attached hydrogens (tertiary/aromatic N) is 1. The topological polar surface area (TPSA) is 62.1 Å². The van der Waals surface area contributed by atoms with Crippen LogP contribution >= 0.6 is 0 Å². The lowest BCUT2D eigenvalue weighted by molar-refractivity contribution is -0.137. The number of anilines is 1. The van der Waals surface area contributed by atoms with Gasteiger partial charge in [0.15, 0.2) is 0 Å². The quantitative estimate of drug-likeness (QED) is 0.292. The van der Waals surface area contributed by atoms with Crippen LogP contribution in [0.3, 0.4) is 0 Å². The van der Waals surface area contributed by atoms with Crippen molar-refractivity contribution in [1.29, 1.82) is 5.26 Å². The van der Waals surface area contributed by atoms with Crippen LogP contribution in [0.25, 0.3) is 6.08 Å². The van der Waals surface area contributed by atoms with Crippen molar-refractivity contribution in [1.82, 2.24) is 0 Å². The first-order chi connectivity index (χ1) is 15.2. The summed E-state index contributed by atoms with van der Waals surface area (Å²) in [6, 6.07) is 18.3. The number of hydrogen-bond donors (Lipinski definition) is 1. The number of nitrogens with one attached hydrogen (secondary N) is 1. The number of benzene rings is 3. The molecule has 0 aromatic heterocycles. The molecule has 0 saturated heterocycles. The first-order valence-electron chi connectivity index (χ1n) is 9.32. The number of alkyl halides is 3. The molecule has 32 heavy (non-hydrogen) atoms. The van der Waals surface area contributed by atoms with Crippen LogP contribution < -0.4 is 10.1 Å². The van der Waals surface area contributed by atoms with Crippen LogP contribution in [-0.2, 0) is 17.6 Å². The number of carbonyl (C=O) groups excluding carboxylic acids is 1. The molecule has 0 atom stereocenters. The average Bonchev–Trinajstić information content (AvgIpc) is 2.76. The Morgan fingerprint density at radius 1 is 1.03 bits per heavy atom. The molecule has 0 aliphatic rings. The van der Waals surface area contributed by atoms with Gasteiger partial charge in [0.05, 0.1) is 5.56 Å². The third-order valence-corrected chi connectivity index (χ3v) is 4.28. The van der Waals surface area contributed by atoms with Gasteiger partial charge in [0.2, 0.25) is 0 Å². The molecule has 3 aromatic carbocycles. The van der Waals surface area contributed by atoms with Crippen LogP contribution in [0.5, 0.6) is 5.75 Å². The summed E-state index contributed by atoms with van der Waals surface area (Å²) in [4.78, 5) is 12.4. The molecule has 1 N–H and O–H groups in total. The Morgan fingerprint density at radius 3 is 2.50 bits per heavy atom. The molecule has 3 aromatic rings. The number of rotatable bonds is 6. The van der Waals surface area contributed by atoms with E-state index >= 15 is 0 Å². The summed E-state index contributed by atoms with van der Waals surface area (Å²) in [5.41, 5.74) is -0.203. The van der Waals surface area contributed by atoms with E-state index in [2.05, 4.69) is 5.32 Å². The second-order valence-electron chi connectivity index (χ2n) is 6.69. The minimum Gasteiger partial charge on any atom is -0.489 e. The predicted octanol–water partition coefficient (Wildman–Crippen LogP) is 5.97. The first-order valence-corrected chi connectivity index (χ1v) is 9.32. The summed E-state index contributed by atoms with van der Waals surface area (Å²) in [6.07, 6.45) is -3.27. The first kappa shape index (κ1) is 22.6. The Balaban J connectivity index is 1.72. The van der Waals surface area contributed by atoms with Gasteiger partial charge >= 0.3 is 6.18 Å². The molecule has 0 bridgehead atoms. The second-order valence-corrected chi connectivity index (χ2v) is 6.69. The third-order valence-electron chi connectivity index (χ3n) is 4.28. The molecule has 0 aliphatic carbocycles. The highest BCUT2D eigenvalue weighted by Gasteiger charge is 2.30. The fraction of sp³-hybridized carbons (Fsp3) is 0.0833. The van der Waals surface area contributed by atoms with Crippen molar-refractivity contribution < 1.29 is 27.1 Å². The summed E-state index contributed by atoms with van der Waals surface area (Å²) in [5, 5.41) is 11.6. The number of hydrogen-bond acceptors (Lipinski definition) is 3.